The van der Waals surface area contributed by atoms with Gasteiger partial charge in [0.1, 0.15) is 0 Å². The van der Waals surface area contributed by atoms with Crippen molar-refractivity contribution in [3.8, 4) is 0 Å². The average molecular weight is 472 g/mol. The summed E-state index contributed by atoms with van der Waals surface area (Å²) in [7, 11) is 0. The zero-order chi connectivity index (χ0) is 24.4. The second-order valence-electron chi connectivity index (χ2n) is 10.1. The van der Waals surface area contributed by atoms with Crippen molar-refractivity contribution in [2.45, 2.75) is 45.6 Å². The Balaban J connectivity index is 1.30. The van der Waals surface area contributed by atoms with Crippen LogP contribution < -0.4 is 0 Å². The summed E-state index contributed by atoms with van der Waals surface area (Å²) in [6.45, 7) is 9.17. The van der Waals surface area contributed by atoms with Gasteiger partial charge in [-0.3, -0.25) is 14.5 Å². The summed E-state index contributed by atoms with van der Waals surface area (Å²) in [6, 6.07) is 19.1. The van der Waals surface area contributed by atoms with E-state index in [9.17, 15) is 9.59 Å². The predicted molar refractivity (Wildman–Crippen MR) is 143 cm³/mol. The number of hydrogen-bond acceptors (Lipinski definition) is 3. The number of hydrogen-bond donors (Lipinski definition) is 0. The predicted octanol–water partition coefficient (Wildman–Crippen LogP) is 5.18. The van der Waals surface area contributed by atoms with Gasteiger partial charge in [0.05, 0.1) is 11.5 Å². The highest BCUT2D eigenvalue weighted by Gasteiger charge is 2.34. The fourth-order valence-electron chi connectivity index (χ4n) is 6.17. The summed E-state index contributed by atoms with van der Waals surface area (Å²) in [5.74, 6) is 0.574. The van der Waals surface area contributed by atoms with Crippen molar-refractivity contribution in [2.24, 2.45) is 5.92 Å². The first-order valence-electron chi connectivity index (χ1n) is 13.3. The molecule has 3 aromatic carbocycles. The molecule has 2 amide bonds. The molecule has 184 valence electrons. The molecule has 5 rings (SSSR count). The van der Waals surface area contributed by atoms with Crippen molar-refractivity contribution in [1.29, 1.82) is 0 Å². The molecule has 0 N–H and O–H groups in total. The molecular weight excluding hydrogens is 434 g/mol. The van der Waals surface area contributed by atoms with Gasteiger partial charge in [0, 0.05) is 38.8 Å². The number of nitrogens with zero attached hydrogens (tertiary/aromatic N) is 3. The number of likely N-dealkylation sites (tertiary alicyclic amines) is 2. The molecule has 3 aromatic rings. The first-order valence-corrected chi connectivity index (χ1v) is 13.3. The molecule has 2 heterocycles. The number of carbonyl (C=O) groups excluding carboxylic acids is 2. The van der Waals surface area contributed by atoms with Gasteiger partial charge >= 0.3 is 0 Å². The van der Waals surface area contributed by atoms with E-state index in [2.05, 4.69) is 49.1 Å². The summed E-state index contributed by atoms with van der Waals surface area (Å²) in [5, 5.41) is 4.29. The van der Waals surface area contributed by atoms with E-state index in [-0.39, 0.29) is 11.8 Å². The lowest BCUT2D eigenvalue weighted by molar-refractivity contribution is -0.137. The van der Waals surface area contributed by atoms with Crippen molar-refractivity contribution >= 4 is 33.4 Å². The largest absolute Gasteiger partial charge is 0.343 e. The molecule has 0 radical (unpaired) electrons. The number of piperidine rings is 2. The summed E-state index contributed by atoms with van der Waals surface area (Å²) in [5.41, 5.74) is 0.833. The van der Waals surface area contributed by atoms with Crippen LogP contribution in [0.25, 0.3) is 21.5 Å². The van der Waals surface area contributed by atoms with E-state index in [1.165, 1.54) is 0 Å². The molecule has 5 nitrogen and oxygen atoms in total. The third kappa shape index (κ3) is 4.66. The summed E-state index contributed by atoms with van der Waals surface area (Å²) >= 11 is 0. The molecule has 1 atom stereocenters. The van der Waals surface area contributed by atoms with Crippen LogP contribution in [0.2, 0.25) is 0 Å². The zero-order valence-electron chi connectivity index (χ0n) is 21.1. The Morgan fingerprint density at radius 3 is 2.06 bits per heavy atom. The van der Waals surface area contributed by atoms with Crippen LogP contribution in [0.1, 0.15) is 49.9 Å². The lowest BCUT2D eigenvalue weighted by Crippen LogP contribution is -2.52. The van der Waals surface area contributed by atoms with Gasteiger partial charge in [-0.15, -0.1) is 0 Å². The van der Waals surface area contributed by atoms with Crippen LogP contribution in [0.4, 0.5) is 0 Å². The second-order valence-corrected chi connectivity index (χ2v) is 10.1. The van der Waals surface area contributed by atoms with E-state index >= 15 is 0 Å². The number of carbonyl (C=O) groups is 2. The Bertz CT molecular complexity index is 1160. The lowest BCUT2D eigenvalue weighted by atomic mass is 9.92. The van der Waals surface area contributed by atoms with Crippen LogP contribution in [-0.4, -0.2) is 71.8 Å². The third-order valence-electron chi connectivity index (χ3n) is 8.13. The topological polar surface area (TPSA) is 43.9 Å². The van der Waals surface area contributed by atoms with Crippen LogP contribution in [0.15, 0.2) is 54.6 Å². The first-order chi connectivity index (χ1) is 17.1. The fraction of sp³-hybridized carbons (Fsp3) is 0.467. The van der Waals surface area contributed by atoms with E-state index in [0.717, 1.165) is 92.1 Å². The minimum atomic E-state index is 0.116. The second kappa shape index (κ2) is 10.4. The SMILES string of the molecule is CCN(CC)C(=O)[C@@H]1CCCN(C2CCN(C(=O)c3c4ccccc4cc4ccccc34)CC2)C1. The average Bonchev–Trinajstić information content (AvgIpc) is 2.92. The van der Waals surface area contributed by atoms with Crippen LogP contribution in [0, 0.1) is 5.92 Å². The van der Waals surface area contributed by atoms with E-state index in [1.807, 2.05) is 34.1 Å². The van der Waals surface area contributed by atoms with Crippen molar-refractivity contribution in [1.82, 2.24) is 14.7 Å². The van der Waals surface area contributed by atoms with E-state index in [1.54, 1.807) is 0 Å². The number of benzene rings is 3. The highest BCUT2D eigenvalue weighted by atomic mass is 16.2. The molecule has 2 aliphatic rings. The lowest BCUT2D eigenvalue weighted by Gasteiger charge is -2.42. The minimum Gasteiger partial charge on any atom is -0.343 e. The maximum absolute atomic E-state index is 13.9. The quantitative estimate of drug-likeness (QED) is 0.482. The van der Waals surface area contributed by atoms with Crippen molar-refractivity contribution in [3.05, 3.63) is 60.2 Å². The number of fused-ring (bicyclic) bond motifs is 2. The van der Waals surface area contributed by atoms with Crippen LogP contribution in [0.5, 0.6) is 0 Å². The normalized spacial score (nSPS) is 19.8. The molecule has 2 aliphatic heterocycles. The van der Waals surface area contributed by atoms with Gasteiger partial charge in [-0.25, -0.2) is 0 Å². The minimum absolute atomic E-state index is 0.116. The first kappa shape index (κ1) is 23.8. The third-order valence-corrected chi connectivity index (χ3v) is 8.13. The van der Waals surface area contributed by atoms with E-state index < -0.39 is 0 Å². The van der Waals surface area contributed by atoms with Gasteiger partial charge in [-0.2, -0.15) is 0 Å². The Labute approximate surface area is 208 Å². The van der Waals surface area contributed by atoms with Gasteiger partial charge in [0.2, 0.25) is 5.91 Å². The molecule has 0 spiro atoms. The smallest absolute Gasteiger partial charge is 0.255 e. The molecular formula is C30H37N3O2. The van der Waals surface area contributed by atoms with Crippen LogP contribution >= 0.6 is 0 Å². The highest BCUT2D eigenvalue weighted by molar-refractivity contribution is 6.18. The molecule has 0 bridgehead atoms. The number of amides is 2. The van der Waals surface area contributed by atoms with Crippen molar-refractivity contribution in [2.75, 3.05) is 39.3 Å². The summed E-state index contributed by atoms with van der Waals surface area (Å²) in [6.07, 6.45) is 4.03. The molecule has 35 heavy (non-hydrogen) atoms. The van der Waals surface area contributed by atoms with Crippen LogP contribution in [0.3, 0.4) is 0 Å². The molecule has 0 unspecified atom stereocenters. The van der Waals surface area contributed by atoms with Gasteiger partial charge in [0.25, 0.3) is 5.91 Å². The zero-order valence-corrected chi connectivity index (χ0v) is 21.1. The summed E-state index contributed by atoms with van der Waals surface area (Å²) < 4.78 is 0. The van der Waals surface area contributed by atoms with E-state index in [4.69, 9.17) is 0 Å². The molecule has 0 aliphatic carbocycles. The maximum Gasteiger partial charge on any atom is 0.255 e. The van der Waals surface area contributed by atoms with Gasteiger partial charge in [0.15, 0.2) is 0 Å². The molecule has 0 aromatic heterocycles. The van der Waals surface area contributed by atoms with Gasteiger partial charge in [-0.05, 0) is 73.7 Å². The Morgan fingerprint density at radius 2 is 1.46 bits per heavy atom. The Kier molecular flexibility index (Phi) is 7.05. The fourth-order valence-corrected chi connectivity index (χ4v) is 6.17. The van der Waals surface area contributed by atoms with Crippen molar-refractivity contribution < 1.29 is 9.59 Å². The molecule has 5 heteroatoms. The van der Waals surface area contributed by atoms with Crippen molar-refractivity contribution in [3.63, 3.8) is 0 Å². The Morgan fingerprint density at radius 1 is 0.857 bits per heavy atom. The summed E-state index contributed by atoms with van der Waals surface area (Å²) in [4.78, 5) is 33.4. The van der Waals surface area contributed by atoms with E-state index in [0.29, 0.717) is 11.9 Å². The number of rotatable bonds is 5. The maximum atomic E-state index is 13.9. The van der Waals surface area contributed by atoms with Gasteiger partial charge in [-0.1, -0.05) is 48.5 Å². The molecule has 0 saturated carbocycles. The molecule has 2 saturated heterocycles. The highest BCUT2D eigenvalue weighted by Crippen LogP contribution is 2.31. The van der Waals surface area contributed by atoms with Gasteiger partial charge < -0.3 is 9.80 Å². The Hall–Kier alpha value is -2.92. The monoisotopic (exact) mass is 471 g/mol. The standard InChI is InChI=1S/C30H37N3O2/c1-3-31(4-2)29(34)24-12-9-17-33(21-24)25-15-18-32(19-16-25)30(35)28-26-13-7-5-10-22(26)20-23-11-6-8-14-27(23)28/h5-8,10-11,13-14,20,24-25H,3-4,9,12,15-19,21H2,1-2H3/t24-/m1/s1. The van der Waals surface area contributed by atoms with Crippen LogP contribution in [-0.2, 0) is 4.79 Å². The molecule has 2 fully saturated rings.